The zero-order valence-corrected chi connectivity index (χ0v) is 23.8. The van der Waals surface area contributed by atoms with Crippen molar-refractivity contribution in [3.8, 4) is 0 Å². The second-order valence-corrected chi connectivity index (χ2v) is 11.6. The van der Waals surface area contributed by atoms with Gasteiger partial charge in [-0.15, -0.1) is 0 Å². The first-order chi connectivity index (χ1) is 17.9. The molecule has 0 unspecified atom stereocenters. The van der Waals surface area contributed by atoms with Gasteiger partial charge >= 0.3 is 0 Å². The maximum absolute atomic E-state index is 13.9. The van der Waals surface area contributed by atoms with Gasteiger partial charge in [0.15, 0.2) is 0 Å². The van der Waals surface area contributed by atoms with Gasteiger partial charge in [-0.1, -0.05) is 53.6 Å². The fourth-order valence-corrected chi connectivity index (χ4v) is 5.77. The normalized spacial score (nSPS) is 12.1. The molecule has 0 spiro atoms. The van der Waals surface area contributed by atoms with E-state index in [2.05, 4.69) is 5.32 Å². The standard InChI is InChI=1S/C30H37N3O4S/c1-7-31-30(35)25(6)32(19-26-10-8-9-22(3)16-26)29(34)20-33(27-17-23(4)15-24(5)18-27)38(36,37)28-13-11-21(2)12-14-28/h8-18,25H,7,19-20H2,1-6H3,(H,31,35)/t25-/m1/s1. The minimum Gasteiger partial charge on any atom is -0.355 e. The summed E-state index contributed by atoms with van der Waals surface area (Å²) in [5.41, 5.74) is 4.97. The highest BCUT2D eigenvalue weighted by Crippen LogP contribution is 2.27. The number of aryl methyl sites for hydroxylation is 4. The Hall–Kier alpha value is -3.65. The third-order valence-electron chi connectivity index (χ3n) is 6.34. The van der Waals surface area contributed by atoms with Crippen LogP contribution in [0.1, 0.15) is 41.7 Å². The van der Waals surface area contributed by atoms with E-state index in [1.165, 1.54) is 4.90 Å². The molecule has 2 amide bonds. The van der Waals surface area contributed by atoms with Crippen molar-refractivity contribution in [2.24, 2.45) is 0 Å². The molecule has 8 heteroatoms. The summed E-state index contributed by atoms with van der Waals surface area (Å²) in [5, 5.41) is 2.77. The lowest BCUT2D eigenvalue weighted by molar-refractivity contribution is -0.139. The van der Waals surface area contributed by atoms with E-state index >= 15 is 0 Å². The Kier molecular flexibility index (Phi) is 9.33. The number of hydrogen-bond acceptors (Lipinski definition) is 4. The number of nitrogens with zero attached hydrogens (tertiary/aromatic N) is 2. The highest BCUT2D eigenvalue weighted by molar-refractivity contribution is 7.92. The van der Waals surface area contributed by atoms with Gasteiger partial charge in [-0.05, 0) is 82.5 Å². The molecule has 0 saturated carbocycles. The molecule has 38 heavy (non-hydrogen) atoms. The van der Waals surface area contributed by atoms with E-state index in [0.717, 1.165) is 32.1 Å². The summed E-state index contributed by atoms with van der Waals surface area (Å²) in [5.74, 6) is -0.770. The second-order valence-electron chi connectivity index (χ2n) is 9.75. The van der Waals surface area contributed by atoms with Gasteiger partial charge in [0.25, 0.3) is 10.0 Å². The van der Waals surface area contributed by atoms with Crippen LogP contribution in [0.4, 0.5) is 5.69 Å². The molecule has 0 aliphatic rings. The molecule has 0 aromatic heterocycles. The zero-order chi connectivity index (χ0) is 28.0. The Balaban J connectivity index is 2.07. The Bertz CT molecular complexity index is 1380. The molecule has 0 aliphatic carbocycles. The summed E-state index contributed by atoms with van der Waals surface area (Å²) >= 11 is 0. The van der Waals surface area contributed by atoms with Gasteiger partial charge < -0.3 is 10.2 Å². The van der Waals surface area contributed by atoms with Crippen LogP contribution < -0.4 is 9.62 Å². The number of nitrogens with one attached hydrogen (secondary N) is 1. The van der Waals surface area contributed by atoms with Crippen LogP contribution in [0.2, 0.25) is 0 Å². The van der Waals surface area contributed by atoms with Crippen LogP contribution in [-0.4, -0.2) is 44.3 Å². The topological polar surface area (TPSA) is 86.8 Å². The molecule has 0 saturated heterocycles. The molecule has 3 aromatic rings. The first-order valence-electron chi connectivity index (χ1n) is 12.7. The summed E-state index contributed by atoms with van der Waals surface area (Å²) < 4.78 is 29.0. The average molecular weight is 536 g/mol. The van der Waals surface area contributed by atoms with Crippen LogP contribution in [0, 0.1) is 27.7 Å². The van der Waals surface area contributed by atoms with Crippen molar-refractivity contribution in [2.75, 3.05) is 17.4 Å². The van der Waals surface area contributed by atoms with Crippen molar-refractivity contribution < 1.29 is 18.0 Å². The summed E-state index contributed by atoms with van der Waals surface area (Å²) in [6.45, 7) is 11.2. The van der Waals surface area contributed by atoms with Crippen molar-refractivity contribution >= 4 is 27.5 Å². The van der Waals surface area contributed by atoms with Gasteiger partial charge in [0.05, 0.1) is 10.6 Å². The third kappa shape index (κ3) is 7.01. The number of benzene rings is 3. The Morgan fingerprint density at radius 1 is 0.842 bits per heavy atom. The van der Waals surface area contributed by atoms with Gasteiger partial charge in [-0.3, -0.25) is 13.9 Å². The van der Waals surface area contributed by atoms with E-state index in [9.17, 15) is 18.0 Å². The number of rotatable bonds is 10. The lowest BCUT2D eigenvalue weighted by atomic mass is 10.1. The van der Waals surface area contributed by atoms with Crippen molar-refractivity contribution in [3.63, 3.8) is 0 Å². The maximum atomic E-state index is 13.9. The largest absolute Gasteiger partial charge is 0.355 e. The lowest BCUT2D eigenvalue weighted by Gasteiger charge is -2.32. The number of carbonyl (C=O) groups excluding carboxylic acids is 2. The van der Waals surface area contributed by atoms with Crippen molar-refractivity contribution in [2.45, 2.75) is 59.0 Å². The van der Waals surface area contributed by atoms with Crippen molar-refractivity contribution in [3.05, 3.63) is 94.5 Å². The van der Waals surface area contributed by atoms with E-state index in [-0.39, 0.29) is 17.3 Å². The number of anilines is 1. The van der Waals surface area contributed by atoms with Crippen LogP contribution >= 0.6 is 0 Å². The minimum atomic E-state index is -4.08. The zero-order valence-electron chi connectivity index (χ0n) is 23.0. The fraction of sp³-hybridized carbons (Fsp3) is 0.333. The average Bonchev–Trinajstić information content (AvgIpc) is 2.85. The third-order valence-corrected chi connectivity index (χ3v) is 8.12. The Labute approximate surface area is 226 Å². The molecule has 3 rings (SSSR count). The molecule has 7 nitrogen and oxygen atoms in total. The molecule has 0 heterocycles. The molecule has 202 valence electrons. The first kappa shape index (κ1) is 28.9. The van der Waals surface area contributed by atoms with E-state index < -0.39 is 28.5 Å². The van der Waals surface area contributed by atoms with Crippen molar-refractivity contribution in [1.82, 2.24) is 10.2 Å². The fourth-order valence-electron chi connectivity index (χ4n) is 4.37. The summed E-state index contributed by atoms with van der Waals surface area (Å²) in [4.78, 5) is 28.3. The molecular weight excluding hydrogens is 498 g/mol. The SMILES string of the molecule is CCNC(=O)[C@@H](C)N(Cc1cccc(C)c1)C(=O)CN(c1cc(C)cc(C)c1)S(=O)(=O)c1ccc(C)cc1. The lowest BCUT2D eigenvalue weighted by Crippen LogP contribution is -2.51. The summed E-state index contributed by atoms with van der Waals surface area (Å²) in [6.07, 6.45) is 0. The molecule has 0 fully saturated rings. The summed E-state index contributed by atoms with van der Waals surface area (Å²) in [7, 11) is -4.08. The molecular formula is C30H37N3O4S. The van der Waals surface area contributed by atoms with Crippen LogP contribution in [0.25, 0.3) is 0 Å². The van der Waals surface area contributed by atoms with E-state index in [0.29, 0.717) is 12.2 Å². The predicted molar refractivity (Wildman–Crippen MR) is 152 cm³/mol. The number of sulfonamides is 1. The number of hydrogen-bond donors (Lipinski definition) is 1. The molecule has 1 N–H and O–H groups in total. The van der Waals surface area contributed by atoms with E-state index in [4.69, 9.17) is 0 Å². The minimum absolute atomic E-state index is 0.0945. The van der Waals surface area contributed by atoms with Gasteiger partial charge in [0.1, 0.15) is 12.6 Å². The predicted octanol–water partition coefficient (Wildman–Crippen LogP) is 4.67. The molecule has 0 bridgehead atoms. The quantitative estimate of drug-likeness (QED) is 0.409. The van der Waals surface area contributed by atoms with Crippen molar-refractivity contribution in [1.29, 1.82) is 0 Å². The second kappa shape index (κ2) is 12.3. The first-order valence-corrected chi connectivity index (χ1v) is 14.2. The number of likely N-dealkylation sites (N-methyl/N-ethyl adjacent to an activating group) is 1. The van der Waals surface area contributed by atoms with Gasteiger partial charge in [0.2, 0.25) is 11.8 Å². The van der Waals surface area contributed by atoms with E-state index in [1.54, 1.807) is 43.3 Å². The molecule has 0 aliphatic heterocycles. The smallest absolute Gasteiger partial charge is 0.264 e. The Morgan fingerprint density at radius 2 is 1.47 bits per heavy atom. The van der Waals surface area contributed by atoms with Gasteiger partial charge in [-0.25, -0.2) is 8.42 Å². The summed E-state index contributed by atoms with van der Waals surface area (Å²) in [6, 6.07) is 18.9. The highest BCUT2D eigenvalue weighted by atomic mass is 32.2. The molecule has 0 radical (unpaired) electrons. The molecule has 3 aromatic carbocycles. The maximum Gasteiger partial charge on any atom is 0.264 e. The highest BCUT2D eigenvalue weighted by Gasteiger charge is 2.32. The van der Waals surface area contributed by atoms with Gasteiger partial charge in [0, 0.05) is 13.1 Å². The van der Waals surface area contributed by atoms with Gasteiger partial charge in [-0.2, -0.15) is 0 Å². The Morgan fingerprint density at radius 3 is 2.05 bits per heavy atom. The monoisotopic (exact) mass is 535 g/mol. The molecule has 1 atom stereocenters. The van der Waals surface area contributed by atoms with Crippen LogP contribution in [0.3, 0.4) is 0 Å². The van der Waals surface area contributed by atoms with Crippen LogP contribution in [0.5, 0.6) is 0 Å². The number of amides is 2. The number of carbonyl (C=O) groups is 2. The van der Waals surface area contributed by atoms with E-state index in [1.807, 2.05) is 65.0 Å². The van der Waals surface area contributed by atoms with Crippen LogP contribution in [0.15, 0.2) is 71.6 Å². The van der Waals surface area contributed by atoms with Crippen LogP contribution in [-0.2, 0) is 26.2 Å².